The van der Waals surface area contributed by atoms with E-state index < -0.39 is 35.8 Å². The summed E-state index contributed by atoms with van der Waals surface area (Å²) in [6.45, 7) is 1.92. The van der Waals surface area contributed by atoms with Crippen molar-refractivity contribution in [3.63, 3.8) is 0 Å². The van der Waals surface area contributed by atoms with Gasteiger partial charge in [-0.1, -0.05) is 30.3 Å². The lowest BCUT2D eigenvalue weighted by atomic mass is 9.89. The predicted molar refractivity (Wildman–Crippen MR) is 109 cm³/mol. The van der Waals surface area contributed by atoms with Gasteiger partial charge in [0.25, 0.3) is 0 Å². The van der Waals surface area contributed by atoms with Gasteiger partial charge in [-0.15, -0.1) is 0 Å². The first-order valence-corrected chi connectivity index (χ1v) is 10.4. The van der Waals surface area contributed by atoms with Crippen molar-refractivity contribution in [1.82, 2.24) is 10.4 Å². The third-order valence-corrected chi connectivity index (χ3v) is 5.59. The summed E-state index contributed by atoms with van der Waals surface area (Å²) in [6, 6.07) is 10.8. The van der Waals surface area contributed by atoms with Gasteiger partial charge in [-0.25, -0.2) is 10.4 Å². The van der Waals surface area contributed by atoms with E-state index in [9.17, 15) is 31.1 Å². The van der Waals surface area contributed by atoms with E-state index in [2.05, 4.69) is 5.43 Å². The van der Waals surface area contributed by atoms with Crippen molar-refractivity contribution in [2.75, 3.05) is 13.1 Å². The van der Waals surface area contributed by atoms with Crippen LogP contribution in [0.5, 0.6) is 0 Å². The lowest BCUT2D eigenvalue weighted by molar-refractivity contribution is -0.148. The molecule has 2 aromatic carbocycles. The number of hydrazine groups is 1. The highest BCUT2D eigenvalue weighted by atomic mass is 19.4. The molecule has 3 atom stereocenters. The van der Waals surface area contributed by atoms with Gasteiger partial charge in [-0.3, -0.25) is 0 Å². The molecule has 1 saturated heterocycles. The van der Waals surface area contributed by atoms with Gasteiger partial charge in [0.15, 0.2) is 0 Å². The number of halogens is 6. The maximum absolute atomic E-state index is 13.3. The molecule has 3 rings (SSSR count). The zero-order chi connectivity index (χ0) is 24.2. The molecule has 1 aliphatic rings. The molecule has 33 heavy (non-hydrogen) atoms. The Kier molecular flexibility index (Phi) is 7.81. The number of piperidine rings is 1. The smallest absolute Gasteiger partial charge is 0.354 e. The molecule has 0 radical (unpaired) electrons. The fraction of sp³-hybridized carbons (Fsp3) is 0.435. The average molecular weight is 474 g/mol. The van der Waals surface area contributed by atoms with E-state index in [1.54, 1.807) is 5.01 Å². The summed E-state index contributed by atoms with van der Waals surface area (Å²) < 4.78 is 85.8. The molecule has 1 heterocycles. The molecule has 0 aliphatic carbocycles. The summed E-state index contributed by atoms with van der Waals surface area (Å²) in [7, 11) is 0. The molecule has 1 aliphatic heterocycles. The van der Waals surface area contributed by atoms with Gasteiger partial charge in [-0.2, -0.15) is 26.3 Å². The molecule has 0 aromatic heterocycles. The van der Waals surface area contributed by atoms with E-state index in [1.165, 1.54) is 6.92 Å². The molecule has 1 N–H and O–H groups in total. The Morgan fingerprint density at radius 3 is 2.21 bits per heavy atom. The minimum atomic E-state index is -4.94. The number of hydrogen-bond acceptors (Lipinski definition) is 4. The highest BCUT2D eigenvalue weighted by molar-refractivity contribution is 5.51. The van der Waals surface area contributed by atoms with Gasteiger partial charge >= 0.3 is 12.4 Å². The van der Waals surface area contributed by atoms with Gasteiger partial charge in [0.2, 0.25) is 0 Å². The van der Waals surface area contributed by atoms with Crippen LogP contribution in [0.3, 0.4) is 0 Å². The first-order chi connectivity index (χ1) is 15.5. The van der Waals surface area contributed by atoms with Crippen LogP contribution in [0.1, 0.15) is 54.0 Å². The second-order valence-corrected chi connectivity index (χ2v) is 7.89. The number of aldehydes is 1. The van der Waals surface area contributed by atoms with Gasteiger partial charge in [0, 0.05) is 12.5 Å². The maximum atomic E-state index is 13.3. The van der Waals surface area contributed by atoms with E-state index in [4.69, 9.17) is 4.74 Å². The molecule has 0 bridgehead atoms. The second kappa shape index (κ2) is 10.2. The van der Waals surface area contributed by atoms with Crippen LogP contribution in [0.2, 0.25) is 0 Å². The number of nitrogens with zero attached hydrogens (tertiary/aromatic N) is 1. The summed E-state index contributed by atoms with van der Waals surface area (Å²) in [5, 5.41) is 1.68. The zero-order valence-electron chi connectivity index (χ0n) is 17.8. The summed E-state index contributed by atoms with van der Waals surface area (Å²) in [5.74, 6) is -0.200. The second-order valence-electron chi connectivity index (χ2n) is 7.89. The average Bonchev–Trinajstić information content (AvgIpc) is 2.77. The number of carbonyl (C=O) groups is 1. The zero-order valence-corrected chi connectivity index (χ0v) is 17.8. The van der Waals surface area contributed by atoms with E-state index >= 15 is 0 Å². The lowest BCUT2D eigenvalue weighted by Crippen LogP contribution is -2.53. The fourth-order valence-electron chi connectivity index (χ4n) is 3.99. The Morgan fingerprint density at radius 1 is 1.06 bits per heavy atom. The number of benzene rings is 2. The van der Waals surface area contributed by atoms with Crippen LogP contribution >= 0.6 is 0 Å². The standard InChI is InChI=1S/C23H24F6N2O2/c1-15(17-12-18(22(24,25)26)14-19(13-17)23(27,28)29)33-21-20(16-6-3-2-4-7-16)8-5-10-31(21)30-9-11-32/h2-4,6-7,11-15,20-21,30H,5,8-10H2,1H3/t15-,20?,21?/m1/s1. The summed E-state index contributed by atoms with van der Waals surface area (Å²) in [4.78, 5) is 10.9. The van der Waals surface area contributed by atoms with Crippen molar-refractivity contribution in [2.45, 2.75) is 50.4 Å². The first-order valence-electron chi connectivity index (χ1n) is 10.4. The SMILES string of the molecule is C[C@@H](OC1C(c2ccccc2)CCCN1NCC=O)c1cc(C(F)(F)F)cc(C(F)(F)F)c1. The number of hydrogen-bond donors (Lipinski definition) is 1. The Morgan fingerprint density at radius 2 is 1.67 bits per heavy atom. The van der Waals surface area contributed by atoms with Crippen molar-refractivity contribution in [2.24, 2.45) is 0 Å². The van der Waals surface area contributed by atoms with Crippen molar-refractivity contribution in [3.8, 4) is 0 Å². The quantitative estimate of drug-likeness (QED) is 0.412. The molecule has 0 spiro atoms. The van der Waals surface area contributed by atoms with Gasteiger partial charge in [0.1, 0.15) is 12.5 Å². The number of nitrogens with one attached hydrogen (secondary N) is 1. The van der Waals surface area contributed by atoms with Gasteiger partial charge < -0.3 is 9.53 Å². The topological polar surface area (TPSA) is 41.6 Å². The van der Waals surface area contributed by atoms with E-state index in [0.29, 0.717) is 31.4 Å². The largest absolute Gasteiger partial charge is 0.416 e. The van der Waals surface area contributed by atoms with Crippen molar-refractivity contribution >= 4 is 6.29 Å². The highest BCUT2D eigenvalue weighted by Gasteiger charge is 2.39. The number of ether oxygens (including phenoxy) is 1. The van der Waals surface area contributed by atoms with Gasteiger partial charge in [-0.05, 0) is 49.1 Å². The highest BCUT2D eigenvalue weighted by Crippen LogP contribution is 2.40. The van der Waals surface area contributed by atoms with Crippen LogP contribution < -0.4 is 5.43 Å². The number of alkyl halides is 6. The Bertz CT molecular complexity index is 901. The van der Waals surface area contributed by atoms with Gasteiger partial charge in [0.05, 0.1) is 23.8 Å². The molecule has 2 aromatic rings. The van der Waals surface area contributed by atoms with E-state index in [0.717, 1.165) is 12.0 Å². The Hall–Kier alpha value is -2.43. The minimum Gasteiger partial charge on any atom is -0.354 e. The van der Waals surface area contributed by atoms with Crippen LogP contribution in [-0.4, -0.2) is 30.6 Å². The summed E-state index contributed by atoms with van der Waals surface area (Å²) >= 11 is 0. The van der Waals surface area contributed by atoms with Crippen molar-refractivity contribution < 1.29 is 35.9 Å². The summed E-state index contributed by atoms with van der Waals surface area (Å²) in [6.07, 6.45) is -9.54. The molecular formula is C23H24F6N2O2. The third kappa shape index (κ3) is 6.33. The molecule has 2 unspecified atom stereocenters. The maximum Gasteiger partial charge on any atom is 0.416 e. The normalized spacial score (nSPS) is 21.1. The van der Waals surface area contributed by atoms with Crippen molar-refractivity contribution in [1.29, 1.82) is 0 Å². The predicted octanol–water partition coefficient (Wildman–Crippen LogP) is 5.71. The number of carbonyl (C=O) groups excluding carboxylic acids is 1. The van der Waals surface area contributed by atoms with Crippen LogP contribution in [0, 0.1) is 0 Å². The molecule has 4 nitrogen and oxygen atoms in total. The lowest BCUT2D eigenvalue weighted by Gasteiger charge is -2.42. The molecule has 0 saturated carbocycles. The first kappa shape index (κ1) is 25.2. The molecular weight excluding hydrogens is 450 g/mol. The summed E-state index contributed by atoms with van der Waals surface area (Å²) in [5.41, 5.74) is 0.847. The van der Waals surface area contributed by atoms with Crippen LogP contribution in [0.15, 0.2) is 48.5 Å². The monoisotopic (exact) mass is 474 g/mol. The molecule has 180 valence electrons. The van der Waals surface area contributed by atoms with E-state index in [1.807, 2.05) is 30.3 Å². The third-order valence-electron chi connectivity index (χ3n) is 5.59. The number of rotatable bonds is 7. The molecule has 0 amide bonds. The molecule has 1 fully saturated rings. The van der Waals surface area contributed by atoms with Crippen LogP contribution in [-0.2, 0) is 21.9 Å². The minimum absolute atomic E-state index is 0.00245. The van der Waals surface area contributed by atoms with Crippen LogP contribution in [0.25, 0.3) is 0 Å². The van der Waals surface area contributed by atoms with E-state index in [-0.39, 0.29) is 24.1 Å². The molecule has 10 heteroatoms. The Balaban J connectivity index is 1.95. The van der Waals surface area contributed by atoms with Crippen molar-refractivity contribution in [3.05, 3.63) is 70.8 Å². The fourth-order valence-corrected chi connectivity index (χ4v) is 3.99. The Labute approximate surface area is 187 Å². The van der Waals surface area contributed by atoms with Crippen LogP contribution in [0.4, 0.5) is 26.3 Å².